The van der Waals surface area contributed by atoms with Crippen LogP contribution in [0.25, 0.3) is 11.0 Å². The van der Waals surface area contributed by atoms with Crippen molar-refractivity contribution in [3.8, 4) is 0 Å². The quantitative estimate of drug-likeness (QED) is 0.531. The number of anilines is 2. The van der Waals surface area contributed by atoms with Crippen molar-refractivity contribution < 1.29 is 9.53 Å². The van der Waals surface area contributed by atoms with E-state index >= 15 is 0 Å². The van der Waals surface area contributed by atoms with Gasteiger partial charge < -0.3 is 10.1 Å². The van der Waals surface area contributed by atoms with Crippen LogP contribution in [-0.2, 0) is 4.74 Å². The predicted molar refractivity (Wildman–Crippen MR) is 116 cm³/mol. The summed E-state index contributed by atoms with van der Waals surface area (Å²) in [6, 6.07) is 12.1. The van der Waals surface area contributed by atoms with Gasteiger partial charge in [-0.05, 0) is 49.1 Å². The number of nitrogens with zero attached hydrogens (tertiary/aromatic N) is 2. The fourth-order valence-electron chi connectivity index (χ4n) is 2.85. The maximum atomic E-state index is 12.6. The fourth-order valence-corrected chi connectivity index (χ4v) is 2.85. The molecule has 0 aliphatic heterocycles. The van der Waals surface area contributed by atoms with Gasteiger partial charge >= 0.3 is 5.97 Å². The van der Waals surface area contributed by atoms with Gasteiger partial charge in [-0.15, -0.1) is 12.4 Å². The number of rotatable bonds is 6. The first-order valence-electron chi connectivity index (χ1n) is 9.30. The van der Waals surface area contributed by atoms with Gasteiger partial charge in [0.25, 0.3) is 0 Å². The lowest BCUT2D eigenvalue weighted by Gasteiger charge is -2.15. The zero-order chi connectivity index (χ0) is 19.4. The molecule has 0 aliphatic carbocycles. The van der Waals surface area contributed by atoms with Gasteiger partial charge in [-0.25, -0.2) is 14.8 Å². The molecule has 0 spiro atoms. The molecule has 0 aliphatic rings. The zero-order valence-electron chi connectivity index (χ0n) is 16.7. The van der Waals surface area contributed by atoms with E-state index in [4.69, 9.17) is 4.74 Å². The van der Waals surface area contributed by atoms with Gasteiger partial charge in [0.05, 0.1) is 12.3 Å². The third-order valence-electron chi connectivity index (χ3n) is 4.35. The molecule has 2 heterocycles. The minimum absolute atomic E-state index is 0. The van der Waals surface area contributed by atoms with Crippen LogP contribution in [0.2, 0.25) is 0 Å². The first kappa shape index (κ1) is 21.6. The maximum absolute atomic E-state index is 12.6. The van der Waals surface area contributed by atoms with Crippen molar-refractivity contribution >= 4 is 40.8 Å². The molecule has 0 radical (unpaired) electrons. The first-order chi connectivity index (χ1) is 13.0. The summed E-state index contributed by atoms with van der Waals surface area (Å²) in [6.07, 6.45) is 2.31. The summed E-state index contributed by atoms with van der Waals surface area (Å²) in [5.41, 5.74) is 4.71. The van der Waals surface area contributed by atoms with E-state index < -0.39 is 0 Å². The van der Waals surface area contributed by atoms with Crippen LogP contribution >= 0.6 is 12.4 Å². The van der Waals surface area contributed by atoms with Crippen LogP contribution in [-0.4, -0.2) is 22.5 Å². The zero-order valence-corrected chi connectivity index (χ0v) is 17.5. The Hall–Kier alpha value is -2.66. The largest absolute Gasteiger partial charge is 0.462 e. The molecule has 3 aromatic rings. The topological polar surface area (TPSA) is 64.1 Å². The Kier molecular flexibility index (Phi) is 7.35. The van der Waals surface area contributed by atoms with E-state index in [1.165, 1.54) is 5.56 Å². The number of nitrogens with one attached hydrogen (secondary N) is 1. The Balaban J connectivity index is 0.00000280. The SMILES string of the molecule is CCCOC(=O)c1cnc2nc(C)ccc2c1Nc1cccc(C(C)C)c1.Cl. The molecule has 0 amide bonds. The van der Waals surface area contributed by atoms with E-state index in [9.17, 15) is 4.79 Å². The normalized spacial score (nSPS) is 10.6. The highest BCUT2D eigenvalue weighted by Crippen LogP contribution is 2.30. The Morgan fingerprint density at radius 3 is 2.71 bits per heavy atom. The van der Waals surface area contributed by atoms with Crippen LogP contribution in [0.4, 0.5) is 11.4 Å². The molecule has 0 saturated heterocycles. The van der Waals surface area contributed by atoms with Crippen molar-refractivity contribution in [2.24, 2.45) is 0 Å². The van der Waals surface area contributed by atoms with Crippen LogP contribution in [0.3, 0.4) is 0 Å². The lowest BCUT2D eigenvalue weighted by molar-refractivity contribution is 0.0506. The highest BCUT2D eigenvalue weighted by Gasteiger charge is 2.18. The van der Waals surface area contributed by atoms with Crippen molar-refractivity contribution in [2.45, 2.75) is 40.0 Å². The molecular weight excluding hydrogens is 374 g/mol. The standard InChI is InChI=1S/C22H25N3O2.ClH/c1-5-11-27-22(26)19-13-23-21-18(10-9-15(4)24-21)20(19)25-17-8-6-7-16(12-17)14(2)3;/h6-10,12-14H,5,11H2,1-4H3,(H,23,24,25);1H. The summed E-state index contributed by atoms with van der Waals surface area (Å²) < 4.78 is 5.35. The Morgan fingerprint density at radius 1 is 1.21 bits per heavy atom. The smallest absolute Gasteiger partial charge is 0.341 e. The Bertz CT molecular complexity index is 973. The van der Waals surface area contributed by atoms with E-state index in [2.05, 4.69) is 41.3 Å². The molecule has 6 heteroatoms. The number of fused-ring (bicyclic) bond motifs is 1. The van der Waals surface area contributed by atoms with E-state index in [0.29, 0.717) is 29.4 Å². The van der Waals surface area contributed by atoms with Gasteiger partial charge in [0.1, 0.15) is 5.56 Å². The van der Waals surface area contributed by atoms with Crippen molar-refractivity contribution in [3.05, 3.63) is 59.4 Å². The van der Waals surface area contributed by atoms with E-state index in [1.807, 2.05) is 38.1 Å². The molecular formula is C22H26ClN3O2. The van der Waals surface area contributed by atoms with Gasteiger partial charge in [-0.2, -0.15) is 0 Å². The number of hydrogen-bond acceptors (Lipinski definition) is 5. The molecule has 28 heavy (non-hydrogen) atoms. The van der Waals surface area contributed by atoms with Gasteiger partial charge in [0.15, 0.2) is 5.65 Å². The molecule has 5 nitrogen and oxygen atoms in total. The third kappa shape index (κ3) is 4.78. The number of pyridine rings is 2. The number of aryl methyl sites for hydroxylation is 1. The van der Waals surface area contributed by atoms with Gasteiger partial charge in [-0.3, -0.25) is 0 Å². The fraction of sp³-hybridized carbons (Fsp3) is 0.318. The molecule has 0 bridgehead atoms. The number of carbonyl (C=O) groups is 1. The molecule has 2 aromatic heterocycles. The van der Waals surface area contributed by atoms with Crippen LogP contribution in [0.5, 0.6) is 0 Å². The number of ether oxygens (including phenoxy) is 1. The summed E-state index contributed by atoms with van der Waals surface area (Å²) in [5, 5.41) is 4.20. The van der Waals surface area contributed by atoms with E-state index in [-0.39, 0.29) is 18.4 Å². The molecule has 0 unspecified atom stereocenters. The lowest BCUT2D eigenvalue weighted by Crippen LogP contribution is -2.10. The molecule has 1 N–H and O–H groups in total. The number of hydrogen-bond donors (Lipinski definition) is 1. The average Bonchev–Trinajstić information content (AvgIpc) is 2.66. The number of esters is 1. The monoisotopic (exact) mass is 399 g/mol. The van der Waals surface area contributed by atoms with Crippen molar-refractivity contribution in [2.75, 3.05) is 11.9 Å². The molecule has 148 valence electrons. The number of carbonyl (C=O) groups excluding carboxylic acids is 1. The van der Waals surface area contributed by atoms with E-state index in [0.717, 1.165) is 23.2 Å². The van der Waals surface area contributed by atoms with Crippen molar-refractivity contribution in [1.82, 2.24) is 9.97 Å². The first-order valence-corrected chi connectivity index (χ1v) is 9.30. The molecule has 0 saturated carbocycles. The summed E-state index contributed by atoms with van der Waals surface area (Å²) in [4.78, 5) is 21.4. The van der Waals surface area contributed by atoms with Gasteiger partial charge in [0.2, 0.25) is 0 Å². The predicted octanol–water partition coefficient (Wildman–Crippen LogP) is 5.79. The number of benzene rings is 1. The van der Waals surface area contributed by atoms with Crippen LogP contribution in [0.15, 0.2) is 42.6 Å². The highest BCUT2D eigenvalue weighted by molar-refractivity contribution is 6.05. The van der Waals surface area contributed by atoms with Crippen molar-refractivity contribution in [1.29, 1.82) is 0 Å². The Labute approximate surface area is 172 Å². The average molecular weight is 400 g/mol. The number of aromatic nitrogens is 2. The molecule has 0 fully saturated rings. The molecule has 3 rings (SSSR count). The second-order valence-corrected chi connectivity index (χ2v) is 6.91. The maximum Gasteiger partial charge on any atom is 0.341 e. The lowest BCUT2D eigenvalue weighted by atomic mass is 10.0. The second-order valence-electron chi connectivity index (χ2n) is 6.91. The minimum atomic E-state index is -0.380. The minimum Gasteiger partial charge on any atom is -0.462 e. The summed E-state index contributed by atoms with van der Waals surface area (Å²) in [6.45, 7) is 8.58. The van der Waals surface area contributed by atoms with E-state index in [1.54, 1.807) is 6.20 Å². The van der Waals surface area contributed by atoms with Gasteiger partial charge in [0, 0.05) is 23.0 Å². The second kappa shape index (κ2) is 9.51. The van der Waals surface area contributed by atoms with Crippen molar-refractivity contribution in [3.63, 3.8) is 0 Å². The molecule has 0 atom stereocenters. The number of halogens is 1. The van der Waals surface area contributed by atoms with Crippen LogP contribution < -0.4 is 5.32 Å². The summed E-state index contributed by atoms with van der Waals surface area (Å²) in [7, 11) is 0. The third-order valence-corrected chi connectivity index (χ3v) is 4.35. The summed E-state index contributed by atoms with van der Waals surface area (Å²) >= 11 is 0. The van der Waals surface area contributed by atoms with Crippen LogP contribution in [0.1, 0.15) is 54.7 Å². The van der Waals surface area contributed by atoms with Crippen LogP contribution in [0, 0.1) is 6.92 Å². The highest BCUT2D eigenvalue weighted by atomic mass is 35.5. The van der Waals surface area contributed by atoms with Gasteiger partial charge in [-0.1, -0.05) is 32.9 Å². The Morgan fingerprint density at radius 2 is 2.00 bits per heavy atom. The molecule has 1 aromatic carbocycles. The summed E-state index contributed by atoms with van der Waals surface area (Å²) in [5.74, 6) is 0.0357.